The summed E-state index contributed by atoms with van der Waals surface area (Å²) in [4.78, 5) is 38.8. The summed E-state index contributed by atoms with van der Waals surface area (Å²) >= 11 is 0. The lowest BCUT2D eigenvalue weighted by molar-refractivity contribution is -0.113. The first kappa shape index (κ1) is 28.8. The molecule has 0 aliphatic rings. The predicted molar refractivity (Wildman–Crippen MR) is 164 cm³/mol. The summed E-state index contributed by atoms with van der Waals surface area (Å²) in [6, 6.07) is 30.5. The Bertz CT molecular complexity index is 1550. The summed E-state index contributed by atoms with van der Waals surface area (Å²) in [6.07, 6.45) is 4.91. The van der Waals surface area contributed by atoms with Gasteiger partial charge in [0.05, 0.1) is 7.11 Å². The average molecular weight is 545 g/mol. The van der Waals surface area contributed by atoms with E-state index in [9.17, 15) is 14.4 Å². The van der Waals surface area contributed by atoms with E-state index in [2.05, 4.69) is 36.6 Å². The highest BCUT2D eigenvalue weighted by Gasteiger charge is 2.15. The summed E-state index contributed by atoms with van der Waals surface area (Å²) < 4.78 is 5.20. The van der Waals surface area contributed by atoms with Crippen LogP contribution in [0.2, 0.25) is 0 Å². The van der Waals surface area contributed by atoms with Crippen molar-refractivity contribution < 1.29 is 19.1 Å². The van der Waals surface area contributed by atoms with Gasteiger partial charge in [0, 0.05) is 16.8 Å². The van der Waals surface area contributed by atoms with Gasteiger partial charge in [-0.1, -0.05) is 74.5 Å². The molecule has 4 aromatic carbocycles. The Morgan fingerprint density at radius 3 is 1.98 bits per heavy atom. The molecule has 0 aliphatic carbocycles. The Labute approximate surface area is 240 Å². The fraction of sp³-hybridized carbons (Fsp3) is 0.114. The van der Waals surface area contributed by atoms with Crippen molar-refractivity contribution in [3.63, 3.8) is 0 Å². The molecular weight excluding hydrogens is 512 g/mol. The third-order valence-corrected chi connectivity index (χ3v) is 6.41. The van der Waals surface area contributed by atoms with Gasteiger partial charge in [-0.2, -0.15) is 0 Å². The maximum Gasteiger partial charge on any atom is 0.272 e. The third-order valence-electron chi connectivity index (χ3n) is 6.41. The number of rotatable bonds is 10. The molecule has 206 valence electrons. The molecule has 4 aromatic rings. The second-order valence-electron chi connectivity index (χ2n) is 9.70. The van der Waals surface area contributed by atoms with Crippen molar-refractivity contribution in [2.75, 3.05) is 12.4 Å². The molecular formula is C35H32N2O4. The van der Waals surface area contributed by atoms with Gasteiger partial charge in [-0.05, 0) is 83.3 Å². The van der Waals surface area contributed by atoms with Gasteiger partial charge in [0.1, 0.15) is 11.4 Å². The SMILES string of the molecule is COc1ccc(/C=C(\NC(=O)c2ccccc2)C(=O)Nc2ccc(C(=O)/C=C/c3ccc(C(C)C)cc3)cc2)cc1. The van der Waals surface area contributed by atoms with Crippen LogP contribution in [0.1, 0.15) is 57.2 Å². The number of allylic oxidation sites excluding steroid dienone is 1. The van der Waals surface area contributed by atoms with E-state index in [1.165, 1.54) is 11.6 Å². The van der Waals surface area contributed by atoms with Gasteiger partial charge in [-0.3, -0.25) is 14.4 Å². The van der Waals surface area contributed by atoms with Gasteiger partial charge >= 0.3 is 0 Å². The Hall–Kier alpha value is -5.23. The standard InChI is InChI=1S/C35H32N2O4/c1-24(2)27-14-9-25(10-15-27)13-22-33(38)28-16-18-30(19-17-28)36-35(40)32(23-26-11-20-31(41-3)21-12-26)37-34(39)29-7-5-4-6-8-29/h4-24H,1-3H3,(H,36,40)(H,37,39)/b22-13+,32-23-. The molecule has 0 saturated heterocycles. The highest BCUT2D eigenvalue weighted by atomic mass is 16.5. The van der Waals surface area contributed by atoms with Crippen molar-refractivity contribution in [2.24, 2.45) is 0 Å². The molecule has 6 nitrogen and oxygen atoms in total. The Morgan fingerprint density at radius 1 is 0.732 bits per heavy atom. The van der Waals surface area contributed by atoms with Crippen LogP contribution in [0.3, 0.4) is 0 Å². The van der Waals surface area contributed by atoms with E-state index in [1.54, 1.807) is 92.1 Å². The molecule has 4 rings (SSSR count). The molecule has 0 bridgehead atoms. The number of hydrogen-bond acceptors (Lipinski definition) is 4. The quantitative estimate of drug-likeness (QED) is 0.164. The minimum atomic E-state index is -0.506. The number of methoxy groups -OCH3 is 1. The van der Waals surface area contributed by atoms with Crippen LogP contribution in [0, 0.1) is 0 Å². The number of anilines is 1. The summed E-state index contributed by atoms with van der Waals surface area (Å²) in [5.74, 6) is 0.0600. The summed E-state index contributed by atoms with van der Waals surface area (Å²) in [5, 5.41) is 5.52. The van der Waals surface area contributed by atoms with Crippen molar-refractivity contribution in [1.29, 1.82) is 0 Å². The van der Waals surface area contributed by atoms with Crippen LogP contribution < -0.4 is 15.4 Å². The number of ether oxygens (including phenoxy) is 1. The van der Waals surface area contributed by atoms with E-state index in [4.69, 9.17) is 4.74 Å². The number of nitrogens with one attached hydrogen (secondary N) is 2. The first-order chi connectivity index (χ1) is 19.8. The predicted octanol–water partition coefficient (Wildman–Crippen LogP) is 7.12. The zero-order valence-corrected chi connectivity index (χ0v) is 23.3. The highest BCUT2D eigenvalue weighted by Crippen LogP contribution is 2.18. The monoisotopic (exact) mass is 544 g/mol. The van der Waals surface area contributed by atoms with Crippen LogP contribution in [0.5, 0.6) is 5.75 Å². The molecule has 0 aliphatic heterocycles. The first-order valence-corrected chi connectivity index (χ1v) is 13.3. The van der Waals surface area contributed by atoms with Crippen molar-refractivity contribution >= 4 is 35.4 Å². The fourth-order valence-corrected chi connectivity index (χ4v) is 3.99. The van der Waals surface area contributed by atoms with E-state index in [-0.39, 0.29) is 11.5 Å². The molecule has 6 heteroatoms. The third kappa shape index (κ3) is 8.13. The summed E-state index contributed by atoms with van der Waals surface area (Å²) in [7, 11) is 1.57. The fourth-order valence-electron chi connectivity index (χ4n) is 3.99. The zero-order chi connectivity index (χ0) is 29.2. The van der Waals surface area contributed by atoms with Gasteiger partial charge in [0.25, 0.3) is 11.8 Å². The number of hydrogen-bond donors (Lipinski definition) is 2. The second kappa shape index (κ2) is 13.7. The van der Waals surface area contributed by atoms with Crippen molar-refractivity contribution in [1.82, 2.24) is 5.32 Å². The van der Waals surface area contributed by atoms with E-state index in [0.29, 0.717) is 34.0 Å². The lowest BCUT2D eigenvalue weighted by Crippen LogP contribution is -2.30. The lowest BCUT2D eigenvalue weighted by Gasteiger charge is -2.12. The largest absolute Gasteiger partial charge is 0.497 e. The normalized spacial score (nSPS) is 11.4. The van der Waals surface area contributed by atoms with Crippen LogP contribution in [-0.4, -0.2) is 24.7 Å². The van der Waals surface area contributed by atoms with Crippen LogP contribution in [0.15, 0.2) is 115 Å². The topological polar surface area (TPSA) is 84.5 Å². The number of ketones is 1. The van der Waals surface area contributed by atoms with Crippen molar-refractivity contribution in [3.8, 4) is 5.75 Å². The maximum atomic E-state index is 13.3. The maximum absolute atomic E-state index is 13.3. The van der Waals surface area contributed by atoms with E-state index in [1.807, 2.05) is 18.2 Å². The summed E-state index contributed by atoms with van der Waals surface area (Å²) in [5.41, 5.74) is 4.35. The van der Waals surface area contributed by atoms with Gasteiger partial charge in [-0.15, -0.1) is 0 Å². The number of amides is 2. The molecule has 0 fully saturated rings. The summed E-state index contributed by atoms with van der Waals surface area (Å²) in [6.45, 7) is 4.28. The zero-order valence-electron chi connectivity index (χ0n) is 23.3. The molecule has 0 atom stereocenters. The molecule has 2 amide bonds. The Morgan fingerprint density at radius 2 is 1.37 bits per heavy atom. The minimum absolute atomic E-state index is 0.0654. The smallest absolute Gasteiger partial charge is 0.272 e. The molecule has 0 spiro atoms. The molecule has 0 heterocycles. The van der Waals surface area contributed by atoms with Crippen LogP contribution >= 0.6 is 0 Å². The van der Waals surface area contributed by atoms with Crippen LogP contribution in [-0.2, 0) is 4.79 Å². The molecule has 2 N–H and O–H groups in total. The molecule has 0 aromatic heterocycles. The minimum Gasteiger partial charge on any atom is -0.497 e. The molecule has 41 heavy (non-hydrogen) atoms. The molecule has 0 saturated carbocycles. The Balaban J connectivity index is 1.47. The van der Waals surface area contributed by atoms with Crippen molar-refractivity contribution in [3.05, 3.63) is 143 Å². The van der Waals surface area contributed by atoms with E-state index in [0.717, 1.165) is 5.56 Å². The highest BCUT2D eigenvalue weighted by molar-refractivity contribution is 6.11. The Kier molecular flexibility index (Phi) is 9.62. The van der Waals surface area contributed by atoms with Crippen LogP contribution in [0.4, 0.5) is 5.69 Å². The number of carbonyl (C=O) groups excluding carboxylic acids is 3. The van der Waals surface area contributed by atoms with E-state index < -0.39 is 11.8 Å². The van der Waals surface area contributed by atoms with Gasteiger partial charge in [0.2, 0.25) is 0 Å². The number of carbonyl (C=O) groups is 3. The van der Waals surface area contributed by atoms with Crippen molar-refractivity contribution in [2.45, 2.75) is 19.8 Å². The van der Waals surface area contributed by atoms with Gasteiger partial charge < -0.3 is 15.4 Å². The van der Waals surface area contributed by atoms with E-state index >= 15 is 0 Å². The average Bonchev–Trinajstić information content (AvgIpc) is 3.00. The molecule has 0 unspecified atom stereocenters. The second-order valence-corrected chi connectivity index (χ2v) is 9.70. The van der Waals surface area contributed by atoms with Crippen LogP contribution in [0.25, 0.3) is 12.2 Å². The van der Waals surface area contributed by atoms with Gasteiger partial charge in [0.15, 0.2) is 5.78 Å². The number of benzene rings is 4. The van der Waals surface area contributed by atoms with Gasteiger partial charge in [-0.25, -0.2) is 0 Å². The molecule has 0 radical (unpaired) electrons. The lowest BCUT2D eigenvalue weighted by atomic mass is 10.0. The first-order valence-electron chi connectivity index (χ1n) is 13.3.